The number of carbonyl (C=O) groups is 1. The van der Waals surface area contributed by atoms with Gasteiger partial charge in [0.1, 0.15) is 6.07 Å². The van der Waals surface area contributed by atoms with E-state index in [1.54, 1.807) is 18.2 Å². The summed E-state index contributed by atoms with van der Waals surface area (Å²) in [5.41, 5.74) is 1.27. The van der Waals surface area contributed by atoms with Gasteiger partial charge in [0.05, 0.1) is 17.8 Å². The Morgan fingerprint density at radius 3 is 3.00 bits per heavy atom. The van der Waals surface area contributed by atoms with Crippen LogP contribution in [0.5, 0.6) is 0 Å². The molecule has 4 nitrogen and oxygen atoms in total. The molecule has 82 valence electrons. The minimum atomic E-state index is -0.0231. The first kappa shape index (κ1) is 10.8. The molecule has 0 saturated carbocycles. The Balaban J connectivity index is 2.32. The molecule has 0 bridgehead atoms. The molecular formula is C11H10ClN3O. The molecule has 1 saturated heterocycles. The van der Waals surface area contributed by atoms with Gasteiger partial charge in [0.25, 0.3) is 0 Å². The van der Waals surface area contributed by atoms with Gasteiger partial charge >= 0.3 is 0 Å². The van der Waals surface area contributed by atoms with Gasteiger partial charge < -0.3 is 10.2 Å². The molecule has 1 aliphatic rings. The summed E-state index contributed by atoms with van der Waals surface area (Å²) < 4.78 is 0. The van der Waals surface area contributed by atoms with Crippen LogP contribution in [0.15, 0.2) is 18.2 Å². The first-order valence-electron chi connectivity index (χ1n) is 4.92. The van der Waals surface area contributed by atoms with Crippen molar-refractivity contribution >= 4 is 23.2 Å². The number of rotatable bonds is 1. The van der Waals surface area contributed by atoms with Gasteiger partial charge in [-0.2, -0.15) is 5.26 Å². The molecule has 1 aromatic carbocycles. The minimum Gasteiger partial charge on any atom is -0.359 e. The van der Waals surface area contributed by atoms with Crippen LogP contribution in [-0.4, -0.2) is 25.5 Å². The van der Waals surface area contributed by atoms with E-state index in [0.29, 0.717) is 23.7 Å². The number of nitrogens with one attached hydrogen (secondary N) is 1. The normalized spacial score (nSPS) is 15.5. The van der Waals surface area contributed by atoms with E-state index < -0.39 is 0 Å². The fraction of sp³-hybridized carbons (Fsp3) is 0.273. The summed E-state index contributed by atoms with van der Waals surface area (Å²) in [6, 6.07) is 7.21. The quantitative estimate of drug-likeness (QED) is 0.795. The maximum Gasteiger partial charge on any atom is 0.239 e. The topological polar surface area (TPSA) is 56.1 Å². The highest BCUT2D eigenvalue weighted by Gasteiger charge is 2.18. The number of nitriles is 1. The molecule has 1 heterocycles. The smallest absolute Gasteiger partial charge is 0.239 e. The molecule has 0 aromatic heterocycles. The monoisotopic (exact) mass is 235 g/mol. The molecular weight excluding hydrogens is 226 g/mol. The molecule has 1 amide bonds. The summed E-state index contributed by atoms with van der Waals surface area (Å²) >= 11 is 5.81. The van der Waals surface area contributed by atoms with Crippen LogP contribution in [0.3, 0.4) is 0 Å². The van der Waals surface area contributed by atoms with Gasteiger partial charge in [-0.05, 0) is 18.2 Å². The average Bonchev–Trinajstić information content (AvgIpc) is 2.28. The molecule has 2 rings (SSSR count). The second kappa shape index (κ2) is 4.42. The fourth-order valence-electron chi connectivity index (χ4n) is 1.72. The predicted octanol–water partition coefficient (Wildman–Crippen LogP) is 1.15. The Morgan fingerprint density at radius 2 is 2.31 bits per heavy atom. The lowest BCUT2D eigenvalue weighted by Gasteiger charge is -2.29. The van der Waals surface area contributed by atoms with Crippen molar-refractivity contribution in [1.29, 1.82) is 5.26 Å². The Kier molecular flexibility index (Phi) is 2.97. The highest BCUT2D eigenvalue weighted by atomic mass is 35.5. The van der Waals surface area contributed by atoms with Crippen LogP contribution in [0.4, 0.5) is 5.69 Å². The second-order valence-electron chi connectivity index (χ2n) is 3.54. The first-order valence-corrected chi connectivity index (χ1v) is 5.30. The SMILES string of the molecule is N#Cc1cc(Cl)ccc1N1CCNC(=O)C1. The number of carbonyl (C=O) groups excluding carboxylic acids is 1. The molecule has 0 radical (unpaired) electrons. The number of amides is 1. The molecule has 0 unspecified atom stereocenters. The number of hydrogen-bond acceptors (Lipinski definition) is 3. The van der Waals surface area contributed by atoms with E-state index in [-0.39, 0.29) is 12.5 Å². The van der Waals surface area contributed by atoms with E-state index in [9.17, 15) is 4.79 Å². The van der Waals surface area contributed by atoms with E-state index in [2.05, 4.69) is 11.4 Å². The fourth-order valence-corrected chi connectivity index (χ4v) is 1.89. The van der Waals surface area contributed by atoms with Crippen LogP contribution in [0.1, 0.15) is 5.56 Å². The lowest BCUT2D eigenvalue weighted by Crippen LogP contribution is -2.47. The van der Waals surface area contributed by atoms with Gasteiger partial charge in [-0.25, -0.2) is 0 Å². The summed E-state index contributed by atoms with van der Waals surface area (Å²) in [5.74, 6) is -0.0231. The van der Waals surface area contributed by atoms with E-state index in [1.165, 1.54) is 0 Å². The van der Waals surface area contributed by atoms with Crippen molar-refractivity contribution in [3.8, 4) is 6.07 Å². The van der Waals surface area contributed by atoms with Crippen molar-refractivity contribution in [3.05, 3.63) is 28.8 Å². The number of halogens is 1. The van der Waals surface area contributed by atoms with Crippen LogP contribution in [0.2, 0.25) is 5.02 Å². The lowest BCUT2D eigenvalue weighted by molar-refractivity contribution is -0.120. The highest BCUT2D eigenvalue weighted by Crippen LogP contribution is 2.23. The standard InChI is InChI=1S/C11H10ClN3O/c12-9-1-2-10(8(5-9)6-13)15-4-3-14-11(16)7-15/h1-2,5H,3-4,7H2,(H,14,16). The highest BCUT2D eigenvalue weighted by molar-refractivity contribution is 6.30. The second-order valence-corrected chi connectivity index (χ2v) is 3.98. The molecule has 1 N–H and O–H groups in total. The van der Waals surface area contributed by atoms with Crippen molar-refractivity contribution in [2.24, 2.45) is 0 Å². The van der Waals surface area contributed by atoms with Crippen LogP contribution in [0.25, 0.3) is 0 Å². The molecule has 1 fully saturated rings. The summed E-state index contributed by atoms with van der Waals surface area (Å²) in [7, 11) is 0. The zero-order chi connectivity index (χ0) is 11.5. The maximum atomic E-state index is 11.3. The number of nitrogens with zero attached hydrogens (tertiary/aromatic N) is 2. The third kappa shape index (κ3) is 2.10. The number of piperazine rings is 1. The minimum absolute atomic E-state index is 0.0231. The molecule has 5 heteroatoms. The van der Waals surface area contributed by atoms with Crippen molar-refractivity contribution in [1.82, 2.24) is 5.32 Å². The van der Waals surface area contributed by atoms with E-state index in [0.717, 1.165) is 5.69 Å². The zero-order valence-electron chi connectivity index (χ0n) is 8.53. The predicted molar refractivity (Wildman–Crippen MR) is 61.4 cm³/mol. The van der Waals surface area contributed by atoms with Crippen LogP contribution >= 0.6 is 11.6 Å². The Labute approximate surface area is 98.4 Å². The first-order chi connectivity index (χ1) is 7.70. The summed E-state index contributed by atoms with van der Waals surface area (Å²) in [4.78, 5) is 13.1. The van der Waals surface area contributed by atoms with Crippen molar-refractivity contribution in [3.63, 3.8) is 0 Å². The number of anilines is 1. The van der Waals surface area contributed by atoms with Gasteiger partial charge in [0.2, 0.25) is 5.91 Å². The van der Waals surface area contributed by atoms with Gasteiger partial charge in [0.15, 0.2) is 0 Å². The van der Waals surface area contributed by atoms with Crippen LogP contribution in [0, 0.1) is 11.3 Å². The van der Waals surface area contributed by atoms with Crippen molar-refractivity contribution in [2.75, 3.05) is 24.5 Å². The van der Waals surface area contributed by atoms with E-state index in [1.807, 2.05) is 4.90 Å². The molecule has 16 heavy (non-hydrogen) atoms. The summed E-state index contributed by atoms with van der Waals surface area (Å²) in [6.07, 6.45) is 0. The third-order valence-corrected chi connectivity index (χ3v) is 2.69. The number of hydrogen-bond donors (Lipinski definition) is 1. The zero-order valence-corrected chi connectivity index (χ0v) is 9.29. The summed E-state index contributed by atoms with van der Waals surface area (Å²) in [6.45, 7) is 1.60. The third-order valence-electron chi connectivity index (χ3n) is 2.46. The lowest BCUT2D eigenvalue weighted by atomic mass is 10.1. The van der Waals surface area contributed by atoms with E-state index >= 15 is 0 Å². The molecule has 1 aromatic rings. The largest absolute Gasteiger partial charge is 0.359 e. The average molecular weight is 236 g/mol. The Hall–Kier alpha value is -1.73. The van der Waals surface area contributed by atoms with Crippen LogP contribution in [-0.2, 0) is 4.79 Å². The maximum absolute atomic E-state index is 11.3. The van der Waals surface area contributed by atoms with Gasteiger partial charge in [-0.15, -0.1) is 0 Å². The van der Waals surface area contributed by atoms with Crippen LogP contribution < -0.4 is 10.2 Å². The van der Waals surface area contributed by atoms with Gasteiger partial charge in [0, 0.05) is 18.1 Å². The Morgan fingerprint density at radius 1 is 1.50 bits per heavy atom. The van der Waals surface area contributed by atoms with Gasteiger partial charge in [-0.3, -0.25) is 4.79 Å². The summed E-state index contributed by atoms with van der Waals surface area (Å²) in [5, 5.41) is 12.3. The molecule has 0 aliphatic carbocycles. The molecule has 0 spiro atoms. The van der Waals surface area contributed by atoms with Gasteiger partial charge in [-0.1, -0.05) is 11.6 Å². The van der Waals surface area contributed by atoms with Crippen molar-refractivity contribution < 1.29 is 4.79 Å². The van der Waals surface area contributed by atoms with Crippen molar-refractivity contribution in [2.45, 2.75) is 0 Å². The van der Waals surface area contributed by atoms with E-state index in [4.69, 9.17) is 16.9 Å². The number of benzene rings is 1. The molecule has 1 aliphatic heterocycles. The Bertz CT molecular complexity index is 467. The molecule has 0 atom stereocenters.